The van der Waals surface area contributed by atoms with Gasteiger partial charge < -0.3 is 10.5 Å². The van der Waals surface area contributed by atoms with E-state index < -0.39 is 5.97 Å². The van der Waals surface area contributed by atoms with Crippen LogP contribution in [0.25, 0.3) is 0 Å². The summed E-state index contributed by atoms with van der Waals surface area (Å²) in [6.45, 7) is 3.42. The van der Waals surface area contributed by atoms with Gasteiger partial charge in [0.2, 0.25) is 0 Å². The molecule has 2 N–H and O–H groups in total. The summed E-state index contributed by atoms with van der Waals surface area (Å²) in [5, 5.41) is 0.102. The average molecular weight is 267 g/mol. The molecule has 0 aliphatic heterocycles. The Morgan fingerprint density at radius 1 is 1.69 bits per heavy atom. The van der Waals surface area contributed by atoms with Crippen LogP contribution in [0.3, 0.4) is 0 Å². The SMILES string of the molecule is C=C(Cl)/C(=C\C(Br)=C/N)C(=O)OC. The fourth-order valence-electron chi connectivity index (χ4n) is 0.544. The number of hydrogen-bond acceptors (Lipinski definition) is 3. The number of nitrogens with two attached hydrogens (primary N) is 1. The number of rotatable bonds is 3. The van der Waals surface area contributed by atoms with Gasteiger partial charge in [-0.15, -0.1) is 0 Å². The second-order valence-electron chi connectivity index (χ2n) is 2.01. The van der Waals surface area contributed by atoms with Crippen LogP contribution in [0.5, 0.6) is 0 Å². The Hall–Kier alpha value is -0.740. The third-order valence-corrected chi connectivity index (χ3v) is 1.84. The third kappa shape index (κ3) is 4.15. The van der Waals surface area contributed by atoms with Crippen molar-refractivity contribution in [2.75, 3.05) is 7.11 Å². The molecule has 0 heterocycles. The number of carbonyl (C=O) groups excluding carboxylic acids is 1. The summed E-state index contributed by atoms with van der Waals surface area (Å²) in [4.78, 5) is 11.1. The minimum Gasteiger partial charge on any atom is -0.465 e. The molecule has 13 heavy (non-hydrogen) atoms. The molecule has 0 fully saturated rings. The minimum absolute atomic E-state index is 0.102. The highest BCUT2D eigenvalue weighted by atomic mass is 79.9. The summed E-state index contributed by atoms with van der Waals surface area (Å²) in [6.07, 6.45) is 2.71. The van der Waals surface area contributed by atoms with Gasteiger partial charge >= 0.3 is 5.97 Å². The Labute approximate surface area is 90.0 Å². The van der Waals surface area contributed by atoms with E-state index in [4.69, 9.17) is 17.3 Å². The maximum absolute atomic E-state index is 11.1. The lowest BCUT2D eigenvalue weighted by Crippen LogP contribution is -2.04. The highest BCUT2D eigenvalue weighted by Gasteiger charge is 2.11. The summed E-state index contributed by atoms with van der Waals surface area (Å²) in [5.41, 5.74) is 5.35. The first-order chi connectivity index (χ1) is 6.02. The standard InChI is InChI=1S/C8H9BrClNO2/c1-5(10)7(8(12)13-2)3-6(9)4-11/h3-4H,1,11H2,2H3/b6-4+,7-3+. The smallest absolute Gasteiger partial charge is 0.339 e. The van der Waals surface area contributed by atoms with Gasteiger partial charge in [-0.2, -0.15) is 0 Å². The van der Waals surface area contributed by atoms with E-state index >= 15 is 0 Å². The molecule has 3 nitrogen and oxygen atoms in total. The maximum atomic E-state index is 11.1. The van der Waals surface area contributed by atoms with Crippen LogP contribution in [-0.4, -0.2) is 13.1 Å². The molecular weight excluding hydrogens is 257 g/mol. The summed E-state index contributed by atoms with van der Waals surface area (Å²) in [6, 6.07) is 0. The van der Waals surface area contributed by atoms with Crippen molar-refractivity contribution in [2.45, 2.75) is 0 Å². The van der Waals surface area contributed by atoms with Crippen molar-refractivity contribution >= 4 is 33.5 Å². The Morgan fingerprint density at radius 3 is 2.54 bits per heavy atom. The van der Waals surface area contributed by atoms with E-state index in [-0.39, 0.29) is 10.6 Å². The topological polar surface area (TPSA) is 52.3 Å². The van der Waals surface area contributed by atoms with Crippen LogP contribution in [0.2, 0.25) is 0 Å². The van der Waals surface area contributed by atoms with Crippen LogP contribution in [0.15, 0.2) is 33.9 Å². The zero-order valence-electron chi connectivity index (χ0n) is 7.01. The first kappa shape index (κ1) is 12.3. The molecule has 0 unspecified atom stereocenters. The van der Waals surface area contributed by atoms with E-state index in [1.54, 1.807) is 0 Å². The highest BCUT2D eigenvalue weighted by Crippen LogP contribution is 2.18. The summed E-state index contributed by atoms with van der Waals surface area (Å²) < 4.78 is 5.00. The number of esters is 1. The molecule has 0 saturated carbocycles. The zero-order chi connectivity index (χ0) is 10.4. The molecule has 0 spiro atoms. The molecule has 0 aromatic heterocycles. The molecule has 0 atom stereocenters. The lowest BCUT2D eigenvalue weighted by atomic mass is 10.2. The third-order valence-electron chi connectivity index (χ3n) is 1.14. The largest absolute Gasteiger partial charge is 0.465 e. The van der Waals surface area contributed by atoms with E-state index in [0.29, 0.717) is 4.48 Å². The van der Waals surface area contributed by atoms with Gasteiger partial charge in [0, 0.05) is 15.7 Å². The predicted molar refractivity (Wildman–Crippen MR) is 56.3 cm³/mol. The molecule has 0 aromatic rings. The maximum Gasteiger partial charge on any atom is 0.339 e. The van der Waals surface area contributed by atoms with Crippen LogP contribution >= 0.6 is 27.5 Å². The van der Waals surface area contributed by atoms with Gasteiger partial charge in [0.1, 0.15) is 0 Å². The lowest BCUT2D eigenvalue weighted by Gasteiger charge is -2.01. The lowest BCUT2D eigenvalue weighted by molar-refractivity contribution is -0.135. The molecule has 72 valence electrons. The van der Waals surface area contributed by atoms with Crippen molar-refractivity contribution in [1.29, 1.82) is 0 Å². The highest BCUT2D eigenvalue weighted by molar-refractivity contribution is 9.11. The van der Waals surface area contributed by atoms with Gasteiger partial charge in [0.25, 0.3) is 0 Å². The van der Waals surface area contributed by atoms with Crippen LogP contribution < -0.4 is 5.73 Å². The van der Waals surface area contributed by atoms with Crippen molar-refractivity contribution in [1.82, 2.24) is 0 Å². The normalized spacial score (nSPS) is 12.5. The summed E-state index contributed by atoms with van der Waals surface area (Å²) in [7, 11) is 1.26. The number of ether oxygens (including phenoxy) is 1. The molecule has 0 aliphatic rings. The van der Waals surface area contributed by atoms with Crippen LogP contribution in [-0.2, 0) is 9.53 Å². The molecular formula is C8H9BrClNO2. The number of hydrogen-bond donors (Lipinski definition) is 1. The van der Waals surface area contributed by atoms with Gasteiger partial charge in [-0.25, -0.2) is 4.79 Å². The fraction of sp³-hybridized carbons (Fsp3) is 0.125. The molecule has 0 aliphatic carbocycles. The molecule has 0 aromatic carbocycles. The first-order valence-corrected chi connectivity index (χ1v) is 4.42. The molecule has 0 radical (unpaired) electrons. The van der Waals surface area contributed by atoms with Crippen molar-refractivity contribution in [3.8, 4) is 0 Å². The van der Waals surface area contributed by atoms with Gasteiger partial charge in [-0.3, -0.25) is 0 Å². The number of methoxy groups -OCH3 is 1. The molecule has 0 saturated heterocycles. The molecule has 5 heteroatoms. The van der Waals surface area contributed by atoms with Gasteiger partial charge in [-0.1, -0.05) is 18.2 Å². The van der Waals surface area contributed by atoms with Crippen LogP contribution in [0.4, 0.5) is 0 Å². The molecule has 0 amide bonds. The van der Waals surface area contributed by atoms with E-state index in [1.165, 1.54) is 19.4 Å². The quantitative estimate of drug-likeness (QED) is 0.483. The Morgan fingerprint density at radius 2 is 2.23 bits per heavy atom. The molecule has 0 bridgehead atoms. The van der Waals surface area contributed by atoms with E-state index in [0.717, 1.165) is 0 Å². The van der Waals surface area contributed by atoms with E-state index in [9.17, 15) is 4.79 Å². The minimum atomic E-state index is -0.557. The predicted octanol–water partition coefficient (Wildman–Crippen LogP) is 2.03. The second-order valence-corrected chi connectivity index (χ2v) is 3.38. The first-order valence-electron chi connectivity index (χ1n) is 3.25. The Kier molecular flexibility index (Phi) is 5.50. The van der Waals surface area contributed by atoms with Crippen molar-refractivity contribution < 1.29 is 9.53 Å². The summed E-state index contributed by atoms with van der Waals surface area (Å²) in [5.74, 6) is -0.557. The Balaban J connectivity index is 4.92. The van der Waals surface area contributed by atoms with Crippen molar-refractivity contribution in [3.63, 3.8) is 0 Å². The summed E-state index contributed by atoms with van der Waals surface area (Å²) >= 11 is 8.66. The van der Waals surface area contributed by atoms with E-state index in [1.807, 2.05) is 0 Å². The second kappa shape index (κ2) is 5.83. The van der Waals surface area contributed by atoms with Crippen molar-refractivity contribution in [2.24, 2.45) is 5.73 Å². The fourth-order valence-corrected chi connectivity index (χ4v) is 0.905. The van der Waals surface area contributed by atoms with Gasteiger partial charge in [-0.05, 0) is 22.0 Å². The average Bonchev–Trinajstić information content (AvgIpc) is 2.11. The molecule has 0 rings (SSSR count). The van der Waals surface area contributed by atoms with Gasteiger partial charge in [0.05, 0.1) is 12.7 Å². The number of carbonyl (C=O) groups is 1. The zero-order valence-corrected chi connectivity index (χ0v) is 9.35. The number of allylic oxidation sites excluding steroid dienone is 2. The van der Waals surface area contributed by atoms with E-state index in [2.05, 4.69) is 27.2 Å². The monoisotopic (exact) mass is 265 g/mol. The van der Waals surface area contributed by atoms with Gasteiger partial charge in [0.15, 0.2) is 0 Å². The van der Waals surface area contributed by atoms with Crippen LogP contribution in [0, 0.1) is 0 Å². The van der Waals surface area contributed by atoms with Crippen LogP contribution in [0.1, 0.15) is 0 Å². The number of halogens is 2. The van der Waals surface area contributed by atoms with Crippen molar-refractivity contribution in [3.05, 3.63) is 33.9 Å². The Bertz CT molecular complexity index is 284.